The zero-order chi connectivity index (χ0) is 12.7. The first kappa shape index (κ1) is 10.7. The number of fused-ring (bicyclic) bond motifs is 2. The molecule has 0 saturated heterocycles. The second-order valence-electron chi connectivity index (χ2n) is 5.06. The summed E-state index contributed by atoms with van der Waals surface area (Å²) in [5.74, 6) is 2.27. The van der Waals surface area contributed by atoms with Gasteiger partial charge in [0.15, 0.2) is 11.5 Å². The maximum absolute atomic E-state index is 5.44. The molecule has 2 aromatic carbocycles. The maximum atomic E-state index is 5.44. The standard InChI is InChI=1S/C16H15NO2/c1-2-4-14-13(3-1)12(9-17-14)7-11-5-6-15-16(8-11)19-10-18-15/h1-6,8,12,17H,7,9-10H2. The molecule has 0 aliphatic carbocycles. The summed E-state index contributed by atoms with van der Waals surface area (Å²) in [5.41, 5.74) is 3.99. The lowest BCUT2D eigenvalue weighted by Gasteiger charge is -2.10. The average Bonchev–Trinajstić information content (AvgIpc) is 3.06. The zero-order valence-electron chi connectivity index (χ0n) is 10.6. The van der Waals surface area contributed by atoms with Gasteiger partial charge >= 0.3 is 0 Å². The highest BCUT2D eigenvalue weighted by Crippen LogP contribution is 2.36. The Morgan fingerprint density at radius 3 is 2.95 bits per heavy atom. The molecule has 0 aromatic heterocycles. The van der Waals surface area contributed by atoms with Crippen LogP contribution >= 0.6 is 0 Å². The molecule has 0 saturated carbocycles. The normalized spacial score (nSPS) is 19.1. The Hall–Kier alpha value is -2.16. The van der Waals surface area contributed by atoms with Crippen molar-refractivity contribution in [3.63, 3.8) is 0 Å². The third-order valence-electron chi connectivity index (χ3n) is 3.86. The lowest BCUT2D eigenvalue weighted by atomic mass is 9.94. The third-order valence-corrected chi connectivity index (χ3v) is 3.86. The first-order valence-corrected chi connectivity index (χ1v) is 6.61. The Morgan fingerprint density at radius 2 is 1.95 bits per heavy atom. The Kier molecular flexibility index (Phi) is 2.37. The van der Waals surface area contributed by atoms with Crippen LogP contribution in [0.4, 0.5) is 5.69 Å². The molecule has 3 nitrogen and oxygen atoms in total. The van der Waals surface area contributed by atoms with E-state index in [2.05, 4.69) is 41.7 Å². The molecule has 4 rings (SSSR count). The van der Waals surface area contributed by atoms with E-state index in [0.29, 0.717) is 12.7 Å². The van der Waals surface area contributed by atoms with Gasteiger partial charge in [-0.2, -0.15) is 0 Å². The molecule has 1 atom stereocenters. The van der Waals surface area contributed by atoms with Crippen LogP contribution in [0, 0.1) is 0 Å². The van der Waals surface area contributed by atoms with E-state index in [9.17, 15) is 0 Å². The number of ether oxygens (including phenoxy) is 2. The molecule has 1 N–H and O–H groups in total. The summed E-state index contributed by atoms with van der Waals surface area (Å²) in [7, 11) is 0. The van der Waals surface area contributed by atoms with Crippen LogP contribution in [-0.4, -0.2) is 13.3 Å². The van der Waals surface area contributed by atoms with Gasteiger partial charge in [-0.3, -0.25) is 0 Å². The molecule has 2 heterocycles. The fourth-order valence-electron chi connectivity index (χ4n) is 2.89. The van der Waals surface area contributed by atoms with Crippen LogP contribution in [0.15, 0.2) is 42.5 Å². The van der Waals surface area contributed by atoms with Gasteiger partial charge in [0.1, 0.15) is 0 Å². The molecule has 0 spiro atoms. The van der Waals surface area contributed by atoms with Crippen molar-refractivity contribution in [3.05, 3.63) is 53.6 Å². The van der Waals surface area contributed by atoms with Crippen molar-refractivity contribution in [1.29, 1.82) is 0 Å². The highest BCUT2D eigenvalue weighted by Gasteiger charge is 2.22. The van der Waals surface area contributed by atoms with Crippen LogP contribution in [0.3, 0.4) is 0 Å². The van der Waals surface area contributed by atoms with E-state index in [1.54, 1.807) is 0 Å². The van der Waals surface area contributed by atoms with Crippen molar-refractivity contribution in [1.82, 2.24) is 0 Å². The molecule has 0 fully saturated rings. The number of nitrogens with one attached hydrogen (secondary N) is 1. The Labute approximate surface area is 112 Å². The van der Waals surface area contributed by atoms with E-state index in [-0.39, 0.29) is 0 Å². The fraction of sp³-hybridized carbons (Fsp3) is 0.250. The monoisotopic (exact) mass is 253 g/mol. The number of benzene rings is 2. The molecular weight excluding hydrogens is 238 g/mol. The number of hydrogen-bond donors (Lipinski definition) is 1. The van der Waals surface area contributed by atoms with E-state index in [0.717, 1.165) is 24.5 Å². The predicted octanol–water partition coefficient (Wildman–Crippen LogP) is 3.17. The second kappa shape index (κ2) is 4.19. The van der Waals surface area contributed by atoms with Crippen molar-refractivity contribution in [2.75, 3.05) is 18.7 Å². The molecule has 0 amide bonds. The lowest BCUT2D eigenvalue weighted by molar-refractivity contribution is 0.174. The minimum atomic E-state index is 0.340. The summed E-state index contributed by atoms with van der Waals surface area (Å²) >= 11 is 0. The van der Waals surface area contributed by atoms with Gasteiger partial charge in [0, 0.05) is 18.2 Å². The molecule has 96 valence electrons. The van der Waals surface area contributed by atoms with Crippen LogP contribution in [0.25, 0.3) is 0 Å². The van der Waals surface area contributed by atoms with Crippen molar-refractivity contribution < 1.29 is 9.47 Å². The molecular formula is C16H15NO2. The number of rotatable bonds is 2. The van der Waals surface area contributed by atoms with Crippen LogP contribution < -0.4 is 14.8 Å². The summed E-state index contributed by atoms with van der Waals surface area (Å²) in [6.45, 7) is 1.35. The van der Waals surface area contributed by atoms with Crippen LogP contribution in [0.2, 0.25) is 0 Å². The van der Waals surface area contributed by atoms with Crippen LogP contribution in [0.1, 0.15) is 17.0 Å². The Bertz CT molecular complexity index is 624. The number of anilines is 1. The van der Waals surface area contributed by atoms with Crippen LogP contribution in [-0.2, 0) is 6.42 Å². The molecule has 2 aromatic rings. The Morgan fingerprint density at radius 1 is 1.05 bits per heavy atom. The third kappa shape index (κ3) is 1.82. The highest BCUT2D eigenvalue weighted by atomic mass is 16.7. The van der Waals surface area contributed by atoms with Gasteiger partial charge in [-0.25, -0.2) is 0 Å². The van der Waals surface area contributed by atoms with Gasteiger partial charge in [-0.15, -0.1) is 0 Å². The minimum Gasteiger partial charge on any atom is -0.454 e. The molecule has 0 bridgehead atoms. The summed E-state index contributed by atoms with van der Waals surface area (Å²) in [6.07, 6.45) is 1.03. The van der Waals surface area contributed by atoms with Crippen molar-refractivity contribution >= 4 is 5.69 Å². The molecule has 1 unspecified atom stereocenters. The van der Waals surface area contributed by atoms with Gasteiger partial charge in [-0.05, 0) is 35.7 Å². The molecule has 3 heteroatoms. The maximum Gasteiger partial charge on any atom is 0.231 e. The Balaban J connectivity index is 1.60. The number of para-hydroxylation sites is 1. The summed E-state index contributed by atoms with van der Waals surface area (Å²) < 4.78 is 10.8. The van der Waals surface area contributed by atoms with Crippen molar-refractivity contribution in [3.8, 4) is 11.5 Å². The van der Waals surface area contributed by atoms with Gasteiger partial charge < -0.3 is 14.8 Å². The molecule has 19 heavy (non-hydrogen) atoms. The van der Waals surface area contributed by atoms with E-state index in [4.69, 9.17) is 9.47 Å². The zero-order valence-corrected chi connectivity index (χ0v) is 10.6. The fourth-order valence-corrected chi connectivity index (χ4v) is 2.89. The van der Waals surface area contributed by atoms with E-state index < -0.39 is 0 Å². The van der Waals surface area contributed by atoms with E-state index >= 15 is 0 Å². The van der Waals surface area contributed by atoms with E-state index in [1.165, 1.54) is 16.8 Å². The van der Waals surface area contributed by atoms with Gasteiger partial charge in [0.2, 0.25) is 6.79 Å². The summed E-state index contributed by atoms with van der Waals surface area (Å²) in [5, 5.41) is 3.47. The van der Waals surface area contributed by atoms with Gasteiger partial charge in [-0.1, -0.05) is 24.3 Å². The summed E-state index contributed by atoms with van der Waals surface area (Å²) in [6, 6.07) is 14.8. The van der Waals surface area contributed by atoms with Crippen molar-refractivity contribution in [2.24, 2.45) is 0 Å². The predicted molar refractivity (Wildman–Crippen MR) is 73.9 cm³/mol. The average molecular weight is 253 g/mol. The lowest BCUT2D eigenvalue weighted by Crippen LogP contribution is -2.05. The molecule has 2 aliphatic heterocycles. The quantitative estimate of drug-likeness (QED) is 0.891. The SMILES string of the molecule is c1ccc2c(c1)NCC2Cc1ccc2c(c1)OCO2. The molecule has 2 aliphatic rings. The second-order valence-corrected chi connectivity index (χ2v) is 5.06. The largest absolute Gasteiger partial charge is 0.454 e. The smallest absolute Gasteiger partial charge is 0.231 e. The van der Waals surface area contributed by atoms with E-state index in [1.807, 2.05) is 6.07 Å². The van der Waals surface area contributed by atoms with Crippen LogP contribution in [0.5, 0.6) is 11.5 Å². The first-order chi connectivity index (χ1) is 9.40. The number of hydrogen-bond acceptors (Lipinski definition) is 3. The van der Waals surface area contributed by atoms with Gasteiger partial charge in [0.25, 0.3) is 0 Å². The summed E-state index contributed by atoms with van der Waals surface area (Å²) in [4.78, 5) is 0. The topological polar surface area (TPSA) is 30.5 Å². The van der Waals surface area contributed by atoms with Crippen molar-refractivity contribution in [2.45, 2.75) is 12.3 Å². The minimum absolute atomic E-state index is 0.340. The highest BCUT2D eigenvalue weighted by molar-refractivity contribution is 5.58. The molecule has 0 radical (unpaired) electrons. The first-order valence-electron chi connectivity index (χ1n) is 6.61. The van der Waals surface area contributed by atoms with Gasteiger partial charge in [0.05, 0.1) is 0 Å².